The molecule has 1 aliphatic rings. The monoisotopic (exact) mass is 517 g/mol. The van der Waals surface area contributed by atoms with Gasteiger partial charge in [-0.05, 0) is 30.7 Å². The maximum Gasteiger partial charge on any atom is 0.261 e. The van der Waals surface area contributed by atoms with E-state index in [0.717, 1.165) is 0 Å². The minimum atomic E-state index is -0.814. The number of fused-ring (bicyclic) bond motifs is 1. The molecule has 4 aromatic rings. The van der Waals surface area contributed by atoms with Gasteiger partial charge in [-0.3, -0.25) is 4.79 Å². The first-order valence-corrected chi connectivity index (χ1v) is 11.3. The number of aryl methyl sites for hydroxylation is 1. The molecule has 5 rings (SSSR count). The van der Waals surface area contributed by atoms with Crippen LogP contribution in [0, 0.1) is 6.92 Å². The summed E-state index contributed by atoms with van der Waals surface area (Å²) in [4.78, 5) is 34.6. The summed E-state index contributed by atoms with van der Waals surface area (Å²) in [7, 11) is 0. The van der Waals surface area contributed by atoms with Crippen LogP contribution >= 0.6 is 24.0 Å². The maximum atomic E-state index is 12.8. The number of pyridine rings is 1. The van der Waals surface area contributed by atoms with Gasteiger partial charge in [0.25, 0.3) is 5.56 Å². The Balaban J connectivity index is 0.00000289. The molecule has 1 atom stereocenters. The maximum absolute atomic E-state index is 12.8. The van der Waals surface area contributed by atoms with Crippen LogP contribution in [-0.4, -0.2) is 62.9 Å². The summed E-state index contributed by atoms with van der Waals surface area (Å²) in [6.07, 6.45) is 0.732. The molecule has 1 fully saturated rings. The molecule has 4 N–H and O–H groups in total. The highest BCUT2D eigenvalue weighted by atomic mass is 35.5. The van der Waals surface area contributed by atoms with Crippen LogP contribution in [0.15, 0.2) is 41.3 Å². The number of benzene rings is 1. The number of halogens is 2. The molecule has 0 aliphatic carbocycles. The first-order valence-electron chi connectivity index (χ1n) is 11.0. The minimum absolute atomic E-state index is 0. The molecule has 3 aromatic heterocycles. The third-order valence-corrected chi connectivity index (χ3v) is 5.95. The summed E-state index contributed by atoms with van der Waals surface area (Å²) in [5, 5.41) is 14.3. The van der Waals surface area contributed by atoms with Gasteiger partial charge in [-0.1, -0.05) is 23.7 Å². The summed E-state index contributed by atoms with van der Waals surface area (Å²) >= 11 is 6.03. The normalized spacial score (nSPS) is 14.5. The van der Waals surface area contributed by atoms with Crippen LogP contribution in [0.3, 0.4) is 0 Å². The van der Waals surface area contributed by atoms with Crippen molar-refractivity contribution in [3.8, 4) is 11.4 Å². The second-order valence-electron chi connectivity index (χ2n) is 8.04. The number of hydrogen-bond acceptors (Lipinski definition) is 8. The van der Waals surface area contributed by atoms with E-state index in [0.29, 0.717) is 76.8 Å². The Morgan fingerprint density at radius 1 is 1.23 bits per heavy atom. The number of aromatic nitrogens is 5. The summed E-state index contributed by atoms with van der Waals surface area (Å²) in [5.74, 6) is 0.974. The summed E-state index contributed by atoms with van der Waals surface area (Å²) in [5.41, 5.74) is 3.08. The fourth-order valence-electron chi connectivity index (χ4n) is 3.95. The summed E-state index contributed by atoms with van der Waals surface area (Å²) in [6.45, 7) is 4.74. The average Bonchev–Trinajstić information content (AvgIpc) is 3.27. The number of aromatic amines is 2. The van der Waals surface area contributed by atoms with Crippen LogP contribution in [0.4, 0.5) is 11.6 Å². The van der Waals surface area contributed by atoms with Crippen molar-refractivity contribution in [1.29, 1.82) is 0 Å². The van der Waals surface area contributed by atoms with Crippen LogP contribution < -0.4 is 15.8 Å². The van der Waals surface area contributed by atoms with Crippen molar-refractivity contribution in [2.75, 3.05) is 43.1 Å². The Kier molecular flexibility index (Phi) is 7.56. The van der Waals surface area contributed by atoms with Gasteiger partial charge < -0.3 is 30.0 Å². The molecule has 4 heterocycles. The zero-order chi connectivity index (χ0) is 23.7. The van der Waals surface area contributed by atoms with Gasteiger partial charge in [-0.15, -0.1) is 12.4 Å². The van der Waals surface area contributed by atoms with Gasteiger partial charge in [-0.2, -0.15) is 4.98 Å². The molecular weight excluding hydrogens is 493 g/mol. The number of aliphatic hydroxyl groups excluding tert-OH is 1. The Hall–Kier alpha value is -3.18. The first kappa shape index (κ1) is 24.9. The molecule has 0 unspecified atom stereocenters. The first-order chi connectivity index (χ1) is 16.5. The Morgan fingerprint density at radius 2 is 2.03 bits per heavy atom. The lowest BCUT2D eigenvalue weighted by atomic mass is 10.1. The standard InChI is InChI=1S/C23H24ClN7O3.ClH/c1-13-19-21(30-23(27-13)31-7-9-34-10-8-31)29-20(28-19)18-16(5-6-25-22(18)33)26-12-17(32)14-3-2-4-15(24)11-14;/h2-6,11,17,32H,7-10,12H2,1H3,(H2,25,26,33)(H,27,28,29,30);1H/t17-;/m1./s1. The van der Waals surface area contributed by atoms with E-state index in [1.54, 1.807) is 36.5 Å². The zero-order valence-corrected chi connectivity index (χ0v) is 20.5. The number of anilines is 2. The van der Waals surface area contributed by atoms with Crippen molar-refractivity contribution < 1.29 is 9.84 Å². The number of morpholine rings is 1. The Bertz CT molecular complexity index is 1390. The molecule has 1 aliphatic heterocycles. The van der Waals surface area contributed by atoms with E-state index < -0.39 is 6.10 Å². The summed E-state index contributed by atoms with van der Waals surface area (Å²) in [6, 6.07) is 8.76. The molecule has 12 heteroatoms. The molecule has 1 saturated heterocycles. The molecule has 0 saturated carbocycles. The van der Waals surface area contributed by atoms with Gasteiger partial charge >= 0.3 is 0 Å². The predicted molar refractivity (Wildman–Crippen MR) is 138 cm³/mol. The number of hydrogen-bond donors (Lipinski definition) is 4. The van der Waals surface area contributed by atoms with Crippen LogP contribution in [0.5, 0.6) is 0 Å². The van der Waals surface area contributed by atoms with E-state index in [4.69, 9.17) is 16.3 Å². The van der Waals surface area contributed by atoms with E-state index in [1.165, 1.54) is 0 Å². The SMILES string of the molecule is Cc1nc(N2CCOCC2)nc2[nH]c(-c3c(NC[C@@H](O)c4cccc(Cl)c4)cc[nH]c3=O)nc12.Cl. The quantitative estimate of drug-likeness (QED) is 0.306. The van der Waals surface area contributed by atoms with Crippen LogP contribution in [-0.2, 0) is 4.74 Å². The van der Waals surface area contributed by atoms with Crippen molar-refractivity contribution in [3.05, 3.63) is 63.2 Å². The highest BCUT2D eigenvalue weighted by molar-refractivity contribution is 6.30. The van der Waals surface area contributed by atoms with Crippen molar-refractivity contribution >= 4 is 46.8 Å². The van der Waals surface area contributed by atoms with Gasteiger partial charge in [-0.25, -0.2) is 9.97 Å². The number of nitrogens with zero attached hydrogens (tertiary/aromatic N) is 4. The van der Waals surface area contributed by atoms with E-state index in [9.17, 15) is 9.90 Å². The highest BCUT2D eigenvalue weighted by Gasteiger charge is 2.20. The van der Waals surface area contributed by atoms with Gasteiger partial charge in [0.1, 0.15) is 16.9 Å². The smallest absolute Gasteiger partial charge is 0.261 e. The third kappa shape index (κ3) is 5.25. The molecule has 10 nitrogen and oxygen atoms in total. The number of ether oxygens (including phenoxy) is 1. The third-order valence-electron chi connectivity index (χ3n) is 5.72. The topological polar surface area (TPSA) is 132 Å². The second-order valence-corrected chi connectivity index (χ2v) is 8.47. The van der Waals surface area contributed by atoms with Crippen molar-refractivity contribution in [3.63, 3.8) is 0 Å². The molecule has 0 radical (unpaired) electrons. The molecule has 35 heavy (non-hydrogen) atoms. The van der Waals surface area contributed by atoms with E-state index in [-0.39, 0.29) is 24.5 Å². The lowest BCUT2D eigenvalue weighted by Crippen LogP contribution is -2.37. The fraction of sp³-hybridized carbons (Fsp3) is 0.304. The number of nitrogens with one attached hydrogen (secondary N) is 3. The number of aliphatic hydroxyl groups is 1. The highest BCUT2D eigenvalue weighted by Crippen LogP contribution is 2.27. The lowest BCUT2D eigenvalue weighted by molar-refractivity contribution is 0.122. The molecule has 0 spiro atoms. The molecule has 1 aromatic carbocycles. The predicted octanol–water partition coefficient (Wildman–Crippen LogP) is 3.07. The van der Waals surface area contributed by atoms with Gasteiger partial charge in [0.2, 0.25) is 5.95 Å². The van der Waals surface area contributed by atoms with Crippen LogP contribution in [0.1, 0.15) is 17.4 Å². The summed E-state index contributed by atoms with van der Waals surface area (Å²) < 4.78 is 5.41. The number of rotatable bonds is 6. The van der Waals surface area contributed by atoms with Crippen molar-refractivity contribution in [2.45, 2.75) is 13.0 Å². The molecule has 0 bridgehead atoms. The van der Waals surface area contributed by atoms with Crippen molar-refractivity contribution in [2.24, 2.45) is 0 Å². The zero-order valence-electron chi connectivity index (χ0n) is 18.9. The Labute approximate surface area is 212 Å². The van der Waals surface area contributed by atoms with Gasteiger partial charge in [0, 0.05) is 30.9 Å². The van der Waals surface area contributed by atoms with E-state index in [2.05, 4.69) is 35.1 Å². The second kappa shape index (κ2) is 10.6. The lowest BCUT2D eigenvalue weighted by Gasteiger charge is -2.26. The molecular formula is C23H25Cl2N7O3. The van der Waals surface area contributed by atoms with E-state index in [1.807, 2.05) is 6.92 Å². The van der Waals surface area contributed by atoms with E-state index >= 15 is 0 Å². The fourth-order valence-corrected chi connectivity index (χ4v) is 4.15. The van der Waals surface area contributed by atoms with Crippen LogP contribution in [0.2, 0.25) is 5.02 Å². The number of H-pyrrole nitrogens is 2. The minimum Gasteiger partial charge on any atom is -0.387 e. The van der Waals surface area contributed by atoms with Crippen LogP contribution in [0.25, 0.3) is 22.6 Å². The number of imidazole rings is 1. The Morgan fingerprint density at radius 3 is 2.80 bits per heavy atom. The van der Waals surface area contributed by atoms with Gasteiger partial charge in [0.05, 0.1) is 30.7 Å². The molecule has 0 amide bonds. The van der Waals surface area contributed by atoms with Crippen molar-refractivity contribution in [1.82, 2.24) is 24.9 Å². The molecule has 184 valence electrons. The largest absolute Gasteiger partial charge is 0.387 e. The average molecular weight is 518 g/mol. The van der Waals surface area contributed by atoms with Gasteiger partial charge in [0.15, 0.2) is 5.65 Å².